The minimum Gasteiger partial charge on any atom is -0.345 e. The predicted molar refractivity (Wildman–Crippen MR) is 109 cm³/mol. The van der Waals surface area contributed by atoms with Gasteiger partial charge in [0.2, 0.25) is 5.91 Å². The molecule has 1 aromatic heterocycles. The lowest BCUT2D eigenvalue weighted by atomic mass is 10.2. The minimum absolute atomic E-state index is 0.0598. The monoisotopic (exact) mass is 383 g/mol. The summed E-state index contributed by atoms with van der Waals surface area (Å²) in [5.74, 6) is 0.0598. The number of halogens is 1. The number of hydrogen-bond acceptors (Lipinski definition) is 4. The van der Waals surface area contributed by atoms with Crippen LogP contribution >= 0.6 is 22.9 Å². The van der Waals surface area contributed by atoms with E-state index < -0.39 is 0 Å². The Morgan fingerprint density at radius 3 is 2.62 bits per heavy atom. The normalized spacial score (nSPS) is 15.1. The Kier molecular flexibility index (Phi) is 4.91. The number of benzene rings is 2. The molecule has 2 aromatic carbocycles. The molecule has 0 saturated carbocycles. The van der Waals surface area contributed by atoms with Gasteiger partial charge in [0.05, 0.1) is 10.2 Å². The highest BCUT2D eigenvalue weighted by Crippen LogP contribution is 2.31. The molecular weight excluding hydrogens is 366 g/mol. The molecule has 1 fully saturated rings. The summed E-state index contributed by atoms with van der Waals surface area (Å²) in [5, 5.41) is 1.72. The first kappa shape index (κ1) is 17.1. The zero-order valence-electron chi connectivity index (χ0n) is 14.1. The second-order valence-electron chi connectivity index (χ2n) is 6.16. The highest BCUT2D eigenvalue weighted by Gasteiger charge is 2.22. The molecule has 2 heterocycles. The van der Waals surface area contributed by atoms with Crippen molar-refractivity contribution in [2.45, 2.75) is 0 Å². The number of piperazine rings is 1. The van der Waals surface area contributed by atoms with Gasteiger partial charge in [-0.05, 0) is 29.8 Å². The Bertz CT molecular complexity index is 946. The first-order chi connectivity index (χ1) is 12.7. The lowest BCUT2D eigenvalue weighted by Gasteiger charge is -2.34. The molecule has 1 saturated heterocycles. The number of carbonyl (C=O) groups is 1. The smallest absolute Gasteiger partial charge is 0.246 e. The van der Waals surface area contributed by atoms with Crippen LogP contribution in [-0.2, 0) is 4.79 Å². The van der Waals surface area contributed by atoms with Crippen LogP contribution in [-0.4, -0.2) is 42.0 Å². The Morgan fingerprint density at radius 1 is 1.08 bits per heavy atom. The first-order valence-corrected chi connectivity index (χ1v) is 9.71. The molecule has 0 N–H and O–H groups in total. The number of thiazole rings is 1. The summed E-state index contributed by atoms with van der Waals surface area (Å²) in [4.78, 5) is 21.2. The van der Waals surface area contributed by atoms with Crippen molar-refractivity contribution in [2.24, 2.45) is 0 Å². The van der Waals surface area contributed by atoms with Crippen molar-refractivity contribution >= 4 is 50.3 Å². The molecule has 132 valence electrons. The standard InChI is InChI=1S/C20H18ClN3OS/c21-16-7-8-17-18(14-16)26-20(22-17)24-12-10-23(11-13-24)19(25)9-6-15-4-2-1-3-5-15/h1-9,14H,10-13H2. The fourth-order valence-electron chi connectivity index (χ4n) is 2.98. The molecule has 0 bridgehead atoms. The number of anilines is 1. The number of fused-ring (bicyclic) bond motifs is 1. The van der Waals surface area contributed by atoms with Gasteiger partial charge in [0, 0.05) is 37.3 Å². The van der Waals surface area contributed by atoms with Gasteiger partial charge < -0.3 is 9.80 Å². The van der Waals surface area contributed by atoms with E-state index in [9.17, 15) is 4.79 Å². The average Bonchev–Trinajstić information content (AvgIpc) is 3.10. The van der Waals surface area contributed by atoms with Gasteiger partial charge in [-0.3, -0.25) is 4.79 Å². The number of nitrogens with zero attached hydrogens (tertiary/aromatic N) is 3. The fraction of sp³-hybridized carbons (Fsp3) is 0.200. The average molecular weight is 384 g/mol. The quantitative estimate of drug-likeness (QED) is 0.632. The van der Waals surface area contributed by atoms with E-state index in [4.69, 9.17) is 16.6 Å². The molecule has 0 radical (unpaired) electrons. The third-order valence-corrected chi connectivity index (χ3v) is 5.73. The predicted octanol–water partition coefficient (Wildman–Crippen LogP) is 4.31. The van der Waals surface area contributed by atoms with Crippen LogP contribution in [0, 0.1) is 0 Å². The Balaban J connectivity index is 1.38. The third kappa shape index (κ3) is 3.74. The van der Waals surface area contributed by atoms with Gasteiger partial charge in [0.1, 0.15) is 0 Å². The summed E-state index contributed by atoms with van der Waals surface area (Å²) in [5.41, 5.74) is 2.01. The van der Waals surface area contributed by atoms with Crippen molar-refractivity contribution in [3.05, 3.63) is 65.2 Å². The molecule has 1 aliphatic heterocycles. The number of amides is 1. The molecule has 4 nitrogen and oxygen atoms in total. The Hall–Kier alpha value is -2.37. The van der Waals surface area contributed by atoms with Crippen LogP contribution in [0.1, 0.15) is 5.56 Å². The molecule has 4 rings (SSSR count). The van der Waals surface area contributed by atoms with Gasteiger partial charge in [0.25, 0.3) is 0 Å². The van der Waals surface area contributed by atoms with Crippen molar-refractivity contribution < 1.29 is 4.79 Å². The summed E-state index contributed by atoms with van der Waals surface area (Å²) in [6.45, 7) is 2.99. The van der Waals surface area contributed by atoms with Gasteiger partial charge in [-0.15, -0.1) is 0 Å². The minimum atomic E-state index is 0.0598. The van der Waals surface area contributed by atoms with E-state index >= 15 is 0 Å². The van der Waals surface area contributed by atoms with E-state index in [0.29, 0.717) is 13.1 Å². The van der Waals surface area contributed by atoms with Gasteiger partial charge >= 0.3 is 0 Å². The van der Waals surface area contributed by atoms with Gasteiger partial charge in [-0.25, -0.2) is 4.98 Å². The van der Waals surface area contributed by atoms with E-state index in [1.54, 1.807) is 17.4 Å². The van der Waals surface area contributed by atoms with Crippen molar-refractivity contribution in [3.63, 3.8) is 0 Å². The van der Waals surface area contributed by atoms with Gasteiger partial charge in [-0.1, -0.05) is 53.3 Å². The van der Waals surface area contributed by atoms with E-state index in [0.717, 1.165) is 39.0 Å². The van der Waals surface area contributed by atoms with Crippen LogP contribution in [0.25, 0.3) is 16.3 Å². The van der Waals surface area contributed by atoms with Crippen LogP contribution in [0.5, 0.6) is 0 Å². The Labute approximate surface area is 161 Å². The molecule has 3 aromatic rings. The van der Waals surface area contributed by atoms with Crippen molar-refractivity contribution in [3.8, 4) is 0 Å². The summed E-state index contributed by atoms with van der Waals surface area (Å²) < 4.78 is 1.09. The maximum Gasteiger partial charge on any atom is 0.246 e. The summed E-state index contributed by atoms with van der Waals surface area (Å²) in [6, 6.07) is 15.6. The van der Waals surface area contributed by atoms with Crippen molar-refractivity contribution in [2.75, 3.05) is 31.1 Å². The summed E-state index contributed by atoms with van der Waals surface area (Å²) in [7, 11) is 0. The van der Waals surface area contributed by atoms with E-state index in [2.05, 4.69) is 4.90 Å². The summed E-state index contributed by atoms with van der Waals surface area (Å²) >= 11 is 7.70. The number of hydrogen-bond donors (Lipinski definition) is 0. The van der Waals surface area contributed by atoms with Crippen molar-refractivity contribution in [1.29, 1.82) is 0 Å². The molecule has 1 amide bonds. The number of aromatic nitrogens is 1. The topological polar surface area (TPSA) is 36.4 Å². The zero-order chi connectivity index (χ0) is 17.9. The maximum absolute atomic E-state index is 12.4. The highest BCUT2D eigenvalue weighted by atomic mass is 35.5. The molecule has 26 heavy (non-hydrogen) atoms. The van der Waals surface area contributed by atoms with E-state index in [1.807, 2.05) is 59.5 Å². The second kappa shape index (κ2) is 7.48. The van der Waals surface area contributed by atoms with E-state index in [-0.39, 0.29) is 5.91 Å². The fourth-order valence-corrected chi connectivity index (χ4v) is 4.27. The number of rotatable bonds is 3. The lowest BCUT2D eigenvalue weighted by molar-refractivity contribution is -0.126. The highest BCUT2D eigenvalue weighted by molar-refractivity contribution is 7.22. The van der Waals surface area contributed by atoms with Crippen LogP contribution in [0.4, 0.5) is 5.13 Å². The molecule has 1 aliphatic rings. The Morgan fingerprint density at radius 2 is 1.85 bits per heavy atom. The lowest BCUT2D eigenvalue weighted by Crippen LogP contribution is -2.48. The molecule has 0 aliphatic carbocycles. The molecule has 0 atom stereocenters. The summed E-state index contributed by atoms with van der Waals surface area (Å²) in [6.07, 6.45) is 3.52. The number of carbonyl (C=O) groups excluding carboxylic acids is 1. The SMILES string of the molecule is O=C(C=Cc1ccccc1)N1CCN(c2nc3ccc(Cl)cc3s2)CC1. The zero-order valence-corrected chi connectivity index (χ0v) is 15.7. The third-order valence-electron chi connectivity index (χ3n) is 4.42. The van der Waals surface area contributed by atoms with Crippen LogP contribution in [0.2, 0.25) is 5.02 Å². The molecule has 6 heteroatoms. The molecule has 0 spiro atoms. The first-order valence-electron chi connectivity index (χ1n) is 8.52. The van der Waals surface area contributed by atoms with E-state index in [1.165, 1.54) is 0 Å². The van der Waals surface area contributed by atoms with Crippen LogP contribution < -0.4 is 4.90 Å². The van der Waals surface area contributed by atoms with Crippen LogP contribution in [0.3, 0.4) is 0 Å². The second-order valence-corrected chi connectivity index (χ2v) is 7.61. The van der Waals surface area contributed by atoms with Gasteiger partial charge in [0.15, 0.2) is 5.13 Å². The molecule has 0 unspecified atom stereocenters. The maximum atomic E-state index is 12.4. The van der Waals surface area contributed by atoms with Crippen LogP contribution in [0.15, 0.2) is 54.6 Å². The van der Waals surface area contributed by atoms with Gasteiger partial charge in [-0.2, -0.15) is 0 Å². The largest absolute Gasteiger partial charge is 0.345 e. The van der Waals surface area contributed by atoms with Crippen molar-refractivity contribution in [1.82, 2.24) is 9.88 Å². The molecular formula is C20H18ClN3OS.